The maximum atomic E-state index is 4.82. The van der Waals surface area contributed by atoms with Gasteiger partial charge in [0, 0.05) is 24.3 Å². The maximum Gasteiger partial charge on any atom is 0.0634 e. The Labute approximate surface area is 246 Å². The Balaban J connectivity index is 1.12. The van der Waals surface area contributed by atoms with Crippen LogP contribution in [0, 0.1) is 0 Å². The van der Waals surface area contributed by atoms with Crippen LogP contribution in [0.25, 0.3) is 34.4 Å². The van der Waals surface area contributed by atoms with Gasteiger partial charge in [0.2, 0.25) is 0 Å². The smallest absolute Gasteiger partial charge is 0.0634 e. The van der Waals surface area contributed by atoms with Gasteiger partial charge in [0.25, 0.3) is 0 Å². The molecular weight excluding hydrogens is 508 g/mol. The molecule has 0 saturated heterocycles. The van der Waals surface area contributed by atoms with E-state index in [-0.39, 0.29) is 0 Å². The molecule has 2 unspecified atom stereocenters. The first kappa shape index (κ1) is 24.9. The van der Waals surface area contributed by atoms with Gasteiger partial charge in [-0.05, 0) is 92.1 Å². The lowest BCUT2D eigenvalue weighted by Crippen LogP contribution is -2.29. The van der Waals surface area contributed by atoms with Crippen LogP contribution in [0.4, 0.5) is 0 Å². The molecule has 202 valence electrons. The van der Waals surface area contributed by atoms with Gasteiger partial charge in [-0.2, -0.15) is 0 Å². The average molecular weight is 541 g/mol. The standard InChI is InChI=1S/C40H32N2/c1-3-9-33-29(7-1)23-25-41-37-13-5-11-35(39(33)37)31-19-15-27(16-20-31)28-17-21-32(22-18-28)36-12-6-14-38-40(36)34-10-4-2-8-30(34)24-26-42-38/h1-4,7-10,13-26,35-36H,5-6,11-12H2. The van der Waals surface area contributed by atoms with E-state index >= 15 is 0 Å². The molecular formula is C40H32N2. The number of aliphatic imine (C=N–C) groups is 2. The van der Waals surface area contributed by atoms with E-state index in [0.717, 1.165) is 37.1 Å². The highest BCUT2D eigenvalue weighted by Gasteiger charge is 2.26. The minimum absolute atomic E-state index is 0.346. The summed E-state index contributed by atoms with van der Waals surface area (Å²) in [7, 11) is 0. The van der Waals surface area contributed by atoms with E-state index in [1.807, 2.05) is 12.4 Å². The molecule has 2 aliphatic heterocycles. The van der Waals surface area contributed by atoms with E-state index < -0.39 is 0 Å². The van der Waals surface area contributed by atoms with Gasteiger partial charge in [-0.15, -0.1) is 0 Å². The van der Waals surface area contributed by atoms with Crippen LogP contribution in [0.15, 0.2) is 131 Å². The average Bonchev–Trinajstić information content (AvgIpc) is 3.37. The van der Waals surface area contributed by atoms with Crippen molar-refractivity contribution in [3.63, 3.8) is 0 Å². The zero-order chi connectivity index (χ0) is 27.9. The van der Waals surface area contributed by atoms with Crippen molar-refractivity contribution in [2.45, 2.75) is 37.5 Å². The normalized spacial score (nSPS) is 20.4. The highest BCUT2D eigenvalue weighted by Crippen LogP contribution is 2.41. The Morgan fingerprint density at radius 1 is 0.476 bits per heavy atom. The fraction of sp³-hybridized carbons (Fsp3) is 0.150. The topological polar surface area (TPSA) is 24.7 Å². The Bertz CT molecular complexity index is 1920. The molecule has 4 aromatic rings. The molecule has 0 amide bonds. The monoisotopic (exact) mass is 540 g/mol. The predicted molar refractivity (Wildman–Crippen MR) is 176 cm³/mol. The lowest BCUT2D eigenvalue weighted by atomic mass is 9.79. The van der Waals surface area contributed by atoms with Crippen molar-refractivity contribution in [3.05, 3.63) is 153 Å². The van der Waals surface area contributed by atoms with Gasteiger partial charge in [-0.3, -0.25) is 9.98 Å². The number of fused-ring (bicyclic) bond motifs is 4. The molecule has 4 aromatic carbocycles. The van der Waals surface area contributed by atoms with E-state index in [1.54, 1.807) is 0 Å². The Hall–Kier alpha value is -4.82. The first-order valence-corrected chi connectivity index (χ1v) is 15.1. The van der Waals surface area contributed by atoms with Crippen LogP contribution in [0.3, 0.4) is 0 Å². The number of rotatable bonds is 3. The number of allylic oxidation sites excluding steroid dienone is 4. The molecule has 2 heteroatoms. The summed E-state index contributed by atoms with van der Waals surface area (Å²) < 4.78 is 0. The largest absolute Gasteiger partial charge is 0.257 e. The fourth-order valence-electron chi connectivity index (χ4n) is 7.19. The molecule has 8 rings (SSSR count). The third-order valence-electron chi connectivity index (χ3n) is 9.23. The number of benzene rings is 4. The maximum absolute atomic E-state index is 4.82. The first-order valence-electron chi connectivity index (χ1n) is 15.1. The molecule has 0 radical (unpaired) electrons. The molecule has 0 N–H and O–H groups in total. The van der Waals surface area contributed by atoms with Gasteiger partial charge in [0.1, 0.15) is 0 Å². The van der Waals surface area contributed by atoms with Gasteiger partial charge in [-0.25, -0.2) is 0 Å². The van der Waals surface area contributed by atoms with E-state index in [1.165, 1.54) is 54.3 Å². The van der Waals surface area contributed by atoms with Crippen molar-refractivity contribution in [1.82, 2.24) is 0 Å². The summed E-state index contributed by atoms with van der Waals surface area (Å²) in [6, 6.07) is 35.9. The molecule has 0 bridgehead atoms. The quantitative estimate of drug-likeness (QED) is 0.291. The van der Waals surface area contributed by atoms with Gasteiger partial charge in [0.05, 0.1) is 11.4 Å². The summed E-state index contributed by atoms with van der Waals surface area (Å²) in [5, 5.41) is 5.12. The third-order valence-corrected chi connectivity index (χ3v) is 9.23. The van der Waals surface area contributed by atoms with Crippen molar-refractivity contribution < 1.29 is 0 Å². The molecule has 4 aliphatic rings. The van der Waals surface area contributed by atoms with Crippen LogP contribution < -0.4 is 20.9 Å². The predicted octanol–water partition coefficient (Wildman–Crippen LogP) is 6.31. The van der Waals surface area contributed by atoms with Gasteiger partial charge in [0.15, 0.2) is 0 Å². The zero-order valence-corrected chi connectivity index (χ0v) is 23.6. The summed E-state index contributed by atoms with van der Waals surface area (Å²) in [6.45, 7) is 0. The number of nitrogens with zero attached hydrogens (tertiary/aromatic N) is 2. The van der Waals surface area contributed by atoms with Gasteiger partial charge >= 0.3 is 0 Å². The van der Waals surface area contributed by atoms with Crippen molar-refractivity contribution in [1.29, 1.82) is 0 Å². The molecule has 2 atom stereocenters. The summed E-state index contributed by atoms with van der Waals surface area (Å²) in [4.78, 5) is 9.64. The van der Waals surface area contributed by atoms with Gasteiger partial charge in [-0.1, -0.05) is 109 Å². The second-order valence-corrected chi connectivity index (χ2v) is 11.6. The lowest BCUT2D eigenvalue weighted by molar-refractivity contribution is 0.736. The van der Waals surface area contributed by atoms with Crippen LogP contribution in [-0.2, 0) is 0 Å². The summed E-state index contributed by atoms with van der Waals surface area (Å²) >= 11 is 0. The van der Waals surface area contributed by atoms with Crippen molar-refractivity contribution in [2.75, 3.05) is 0 Å². The Kier molecular flexibility index (Phi) is 6.26. The van der Waals surface area contributed by atoms with Crippen molar-refractivity contribution >= 4 is 35.7 Å². The number of hydrogen-bond acceptors (Lipinski definition) is 2. The molecule has 2 aliphatic carbocycles. The molecule has 0 saturated carbocycles. The Morgan fingerprint density at radius 2 is 0.905 bits per heavy atom. The third kappa shape index (κ3) is 4.35. The van der Waals surface area contributed by atoms with E-state index in [0.29, 0.717) is 11.8 Å². The van der Waals surface area contributed by atoms with Crippen LogP contribution in [0.5, 0.6) is 0 Å². The molecule has 42 heavy (non-hydrogen) atoms. The van der Waals surface area contributed by atoms with E-state index in [2.05, 4.69) is 121 Å². The molecule has 0 fully saturated rings. The van der Waals surface area contributed by atoms with Crippen LogP contribution >= 0.6 is 0 Å². The fourth-order valence-corrected chi connectivity index (χ4v) is 7.19. The summed E-state index contributed by atoms with van der Waals surface area (Å²) in [5.74, 6) is 0.693. The minimum Gasteiger partial charge on any atom is -0.257 e. The lowest BCUT2D eigenvalue weighted by Gasteiger charge is -2.26. The minimum atomic E-state index is 0.346. The van der Waals surface area contributed by atoms with E-state index in [4.69, 9.17) is 9.98 Å². The number of hydrogen-bond donors (Lipinski definition) is 0. The van der Waals surface area contributed by atoms with Crippen LogP contribution in [-0.4, -0.2) is 12.4 Å². The molecule has 0 spiro atoms. The first-order chi connectivity index (χ1) is 20.8. The van der Waals surface area contributed by atoms with E-state index in [9.17, 15) is 0 Å². The Morgan fingerprint density at radius 3 is 1.36 bits per heavy atom. The van der Waals surface area contributed by atoms with Crippen molar-refractivity contribution in [2.24, 2.45) is 9.98 Å². The zero-order valence-electron chi connectivity index (χ0n) is 23.6. The van der Waals surface area contributed by atoms with Crippen molar-refractivity contribution in [3.8, 4) is 11.1 Å². The van der Waals surface area contributed by atoms with Crippen LogP contribution in [0.1, 0.15) is 48.6 Å². The molecule has 2 heterocycles. The second-order valence-electron chi connectivity index (χ2n) is 11.6. The molecule has 0 aromatic heterocycles. The molecule has 2 nitrogen and oxygen atoms in total. The SMILES string of the molecule is C1=NC2=CCCC(c3ccc(-c4ccc(C5CCC=C6N=CC=c7ccccc7=C65)cc4)cc3)C2=c2ccccc2=C1. The summed E-state index contributed by atoms with van der Waals surface area (Å²) in [5.41, 5.74) is 10.2. The summed E-state index contributed by atoms with van der Waals surface area (Å²) in [6.07, 6.45) is 17.1. The van der Waals surface area contributed by atoms with Crippen LogP contribution in [0.2, 0.25) is 0 Å². The van der Waals surface area contributed by atoms with Gasteiger partial charge < -0.3 is 0 Å². The highest BCUT2D eigenvalue weighted by atomic mass is 14.7. The highest BCUT2D eigenvalue weighted by molar-refractivity contribution is 5.95. The second kappa shape index (κ2) is 10.5.